The molecule has 0 saturated carbocycles. The van der Waals surface area contributed by atoms with Crippen molar-refractivity contribution in [2.45, 2.75) is 6.42 Å². The minimum absolute atomic E-state index is 0.106. The fraction of sp³-hybridized carbons (Fsp3) is 0.200. The molecule has 1 heterocycles. The van der Waals surface area contributed by atoms with Gasteiger partial charge in [-0.05, 0) is 23.8 Å². The third-order valence-corrected chi connectivity index (χ3v) is 2.73. The predicted molar refractivity (Wildman–Crippen MR) is 76.1 cm³/mol. The number of nitrogens with zero attached hydrogens (tertiary/aromatic N) is 1. The van der Waals surface area contributed by atoms with Gasteiger partial charge in [-0.1, -0.05) is 12.1 Å². The lowest BCUT2D eigenvalue weighted by Crippen LogP contribution is -2.14. The molecule has 0 aliphatic rings. The summed E-state index contributed by atoms with van der Waals surface area (Å²) < 4.78 is 10.1. The van der Waals surface area contributed by atoms with E-state index >= 15 is 0 Å². The van der Waals surface area contributed by atoms with Crippen molar-refractivity contribution in [3.05, 3.63) is 48.2 Å². The van der Waals surface area contributed by atoms with Crippen LogP contribution in [0.2, 0.25) is 0 Å². The molecule has 0 saturated heterocycles. The largest absolute Gasteiger partial charge is 0.497 e. The molecule has 2 aromatic rings. The number of aromatic nitrogens is 1. The van der Waals surface area contributed by atoms with Gasteiger partial charge in [0.15, 0.2) is 0 Å². The number of amides is 1. The van der Waals surface area contributed by atoms with Crippen LogP contribution in [0.3, 0.4) is 0 Å². The Kier molecular flexibility index (Phi) is 4.55. The van der Waals surface area contributed by atoms with Gasteiger partial charge in [0.05, 0.1) is 32.5 Å². The van der Waals surface area contributed by atoms with Crippen LogP contribution in [0.4, 0.5) is 5.69 Å². The second-order valence-electron chi connectivity index (χ2n) is 4.17. The van der Waals surface area contributed by atoms with E-state index in [4.69, 9.17) is 9.47 Å². The highest BCUT2D eigenvalue weighted by Crippen LogP contribution is 2.14. The molecule has 0 spiro atoms. The van der Waals surface area contributed by atoms with Crippen LogP contribution in [0.1, 0.15) is 5.56 Å². The summed E-state index contributed by atoms with van der Waals surface area (Å²) in [4.78, 5) is 16.0. The van der Waals surface area contributed by atoms with Gasteiger partial charge in [-0.2, -0.15) is 0 Å². The minimum Gasteiger partial charge on any atom is -0.497 e. The zero-order valence-electron chi connectivity index (χ0n) is 11.4. The van der Waals surface area contributed by atoms with Gasteiger partial charge in [0.1, 0.15) is 5.75 Å². The van der Waals surface area contributed by atoms with Crippen molar-refractivity contribution in [1.82, 2.24) is 4.98 Å². The van der Waals surface area contributed by atoms with Crippen molar-refractivity contribution >= 4 is 11.6 Å². The Balaban J connectivity index is 1.97. The van der Waals surface area contributed by atoms with Crippen LogP contribution in [0.5, 0.6) is 11.6 Å². The molecule has 0 unspecified atom stereocenters. The van der Waals surface area contributed by atoms with Gasteiger partial charge in [-0.25, -0.2) is 4.98 Å². The number of pyridine rings is 1. The summed E-state index contributed by atoms with van der Waals surface area (Å²) in [6.07, 6.45) is 1.84. The fourth-order valence-electron chi connectivity index (χ4n) is 1.75. The van der Waals surface area contributed by atoms with E-state index in [0.717, 1.165) is 11.3 Å². The first-order valence-corrected chi connectivity index (χ1v) is 6.14. The maximum absolute atomic E-state index is 11.9. The number of carbonyl (C=O) groups excluding carboxylic acids is 1. The first-order chi connectivity index (χ1) is 9.71. The van der Waals surface area contributed by atoms with E-state index < -0.39 is 0 Å². The van der Waals surface area contributed by atoms with Crippen LogP contribution >= 0.6 is 0 Å². The van der Waals surface area contributed by atoms with E-state index in [1.165, 1.54) is 0 Å². The molecule has 0 bridgehead atoms. The number of hydrogen-bond donors (Lipinski definition) is 1. The van der Waals surface area contributed by atoms with E-state index in [1.807, 2.05) is 24.3 Å². The van der Waals surface area contributed by atoms with Gasteiger partial charge in [0.2, 0.25) is 11.8 Å². The van der Waals surface area contributed by atoms with Crippen molar-refractivity contribution in [1.29, 1.82) is 0 Å². The molecule has 1 amide bonds. The second-order valence-corrected chi connectivity index (χ2v) is 4.17. The van der Waals surface area contributed by atoms with Crippen LogP contribution in [0, 0.1) is 0 Å². The van der Waals surface area contributed by atoms with E-state index in [2.05, 4.69) is 10.3 Å². The number of methoxy groups -OCH3 is 2. The van der Waals surface area contributed by atoms with Crippen LogP contribution in [-0.2, 0) is 11.2 Å². The third kappa shape index (κ3) is 3.71. The molecule has 0 aliphatic heterocycles. The molecule has 20 heavy (non-hydrogen) atoms. The lowest BCUT2D eigenvalue weighted by atomic mass is 10.1. The summed E-state index contributed by atoms with van der Waals surface area (Å²) in [6.45, 7) is 0. The van der Waals surface area contributed by atoms with E-state index in [1.54, 1.807) is 32.5 Å². The summed E-state index contributed by atoms with van der Waals surface area (Å²) in [5, 5.41) is 2.78. The maximum atomic E-state index is 11.9. The van der Waals surface area contributed by atoms with Crippen molar-refractivity contribution in [3.63, 3.8) is 0 Å². The molecular formula is C15H16N2O3. The van der Waals surface area contributed by atoms with Gasteiger partial charge in [-0.3, -0.25) is 4.79 Å². The van der Waals surface area contributed by atoms with E-state index in [9.17, 15) is 4.79 Å². The predicted octanol–water partition coefficient (Wildman–Crippen LogP) is 2.28. The average molecular weight is 272 g/mol. The topological polar surface area (TPSA) is 60.5 Å². The number of anilines is 1. The summed E-state index contributed by atoms with van der Waals surface area (Å²) in [5.41, 5.74) is 1.53. The Labute approximate surface area is 117 Å². The molecule has 0 aliphatic carbocycles. The summed E-state index contributed by atoms with van der Waals surface area (Å²) in [5.74, 6) is 1.14. The molecule has 0 fully saturated rings. The number of carbonyl (C=O) groups is 1. The van der Waals surface area contributed by atoms with Crippen LogP contribution in [0.15, 0.2) is 42.6 Å². The van der Waals surface area contributed by atoms with Gasteiger partial charge in [0, 0.05) is 6.07 Å². The summed E-state index contributed by atoms with van der Waals surface area (Å²) in [6, 6.07) is 10.9. The Morgan fingerprint density at radius 1 is 1.20 bits per heavy atom. The molecule has 5 heteroatoms. The first-order valence-electron chi connectivity index (χ1n) is 6.14. The first kappa shape index (κ1) is 13.9. The molecular weight excluding hydrogens is 256 g/mol. The highest BCUT2D eigenvalue weighted by atomic mass is 16.5. The fourth-order valence-corrected chi connectivity index (χ4v) is 1.75. The molecule has 1 aromatic carbocycles. The smallest absolute Gasteiger partial charge is 0.228 e. The summed E-state index contributed by atoms with van der Waals surface area (Å²) >= 11 is 0. The van der Waals surface area contributed by atoms with Crippen molar-refractivity contribution in [2.75, 3.05) is 19.5 Å². The average Bonchev–Trinajstić information content (AvgIpc) is 2.48. The highest BCUT2D eigenvalue weighted by molar-refractivity contribution is 5.92. The lowest BCUT2D eigenvalue weighted by molar-refractivity contribution is -0.115. The molecule has 2 rings (SSSR count). The van der Waals surface area contributed by atoms with Crippen LogP contribution < -0.4 is 14.8 Å². The highest BCUT2D eigenvalue weighted by Gasteiger charge is 2.05. The molecule has 1 N–H and O–H groups in total. The van der Waals surface area contributed by atoms with Crippen molar-refractivity contribution in [2.24, 2.45) is 0 Å². The van der Waals surface area contributed by atoms with Gasteiger partial charge in [0.25, 0.3) is 0 Å². The van der Waals surface area contributed by atoms with E-state index in [-0.39, 0.29) is 12.3 Å². The molecule has 0 atom stereocenters. The van der Waals surface area contributed by atoms with Crippen molar-refractivity contribution < 1.29 is 14.3 Å². The second kappa shape index (κ2) is 6.56. The monoisotopic (exact) mass is 272 g/mol. The molecule has 0 radical (unpaired) electrons. The minimum atomic E-state index is -0.106. The molecule has 1 aromatic heterocycles. The zero-order valence-corrected chi connectivity index (χ0v) is 11.4. The number of hydrogen-bond acceptors (Lipinski definition) is 4. The van der Waals surface area contributed by atoms with Gasteiger partial charge >= 0.3 is 0 Å². The standard InChI is InChI=1S/C15H16N2O3/c1-19-13-5-3-4-11(8-13)9-14(18)17-12-6-7-15(20-2)16-10-12/h3-8,10H,9H2,1-2H3,(H,17,18). The number of benzene rings is 1. The van der Waals surface area contributed by atoms with E-state index in [0.29, 0.717) is 11.6 Å². The van der Waals surface area contributed by atoms with Crippen LogP contribution in [0.25, 0.3) is 0 Å². The number of ether oxygens (including phenoxy) is 2. The Hall–Kier alpha value is -2.56. The third-order valence-electron chi connectivity index (χ3n) is 2.73. The number of rotatable bonds is 5. The van der Waals surface area contributed by atoms with Crippen LogP contribution in [-0.4, -0.2) is 25.1 Å². The summed E-state index contributed by atoms with van der Waals surface area (Å²) in [7, 11) is 3.14. The molecule has 104 valence electrons. The Morgan fingerprint density at radius 2 is 2.05 bits per heavy atom. The molecule has 5 nitrogen and oxygen atoms in total. The Bertz CT molecular complexity index is 582. The number of nitrogens with one attached hydrogen (secondary N) is 1. The SMILES string of the molecule is COc1cccc(CC(=O)Nc2ccc(OC)nc2)c1. The Morgan fingerprint density at radius 3 is 2.70 bits per heavy atom. The zero-order chi connectivity index (χ0) is 14.4. The lowest BCUT2D eigenvalue weighted by Gasteiger charge is -2.07. The normalized spacial score (nSPS) is 9.90. The van der Waals surface area contributed by atoms with Gasteiger partial charge in [-0.15, -0.1) is 0 Å². The quantitative estimate of drug-likeness (QED) is 0.907. The van der Waals surface area contributed by atoms with Crippen molar-refractivity contribution in [3.8, 4) is 11.6 Å². The maximum Gasteiger partial charge on any atom is 0.228 e. The van der Waals surface area contributed by atoms with Gasteiger partial charge < -0.3 is 14.8 Å².